The monoisotopic (exact) mass is 396 g/mol. The number of alkyl halides is 3. The van der Waals surface area contributed by atoms with E-state index in [0.717, 1.165) is 17.6 Å². The van der Waals surface area contributed by atoms with Crippen LogP contribution in [0.15, 0.2) is 72.9 Å². The van der Waals surface area contributed by atoms with E-state index >= 15 is 0 Å². The number of imidazole rings is 1. The molecule has 0 saturated heterocycles. The third-order valence-corrected chi connectivity index (χ3v) is 4.32. The minimum absolute atomic E-state index is 0.0774. The molecule has 1 amide bonds. The minimum Gasteiger partial charge on any atom is -0.325 e. The first kappa shape index (κ1) is 18.7. The predicted molar refractivity (Wildman–Crippen MR) is 103 cm³/mol. The Hall–Kier alpha value is -3.68. The Morgan fingerprint density at radius 1 is 1.00 bits per heavy atom. The number of nitrogens with one attached hydrogen (secondary N) is 1. The van der Waals surface area contributed by atoms with E-state index in [-0.39, 0.29) is 12.2 Å². The standard InChI is InChI=1S/C21H15F3N4O/c22-21(23,24)14-6-5-7-15(12-14)26-19(29)13-28-18-10-2-1-8-16(18)27-20(28)17-9-3-4-11-25-17/h1-12H,13H2,(H,26,29). The molecule has 5 nitrogen and oxygen atoms in total. The van der Waals surface area contributed by atoms with Crippen LogP contribution in [0.5, 0.6) is 0 Å². The van der Waals surface area contributed by atoms with Gasteiger partial charge in [0.2, 0.25) is 5.91 Å². The smallest absolute Gasteiger partial charge is 0.325 e. The molecule has 1 N–H and O–H groups in total. The normalized spacial score (nSPS) is 11.6. The Labute approximate surface area is 163 Å². The number of aromatic nitrogens is 3. The van der Waals surface area contributed by atoms with Gasteiger partial charge < -0.3 is 9.88 Å². The zero-order chi connectivity index (χ0) is 20.4. The summed E-state index contributed by atoms with van der Waals surface area (Å²) in [5.41, 5.74) is 1.27. The molecule has 0 atom stereocenters. The number of amides is 1. The molecule has 0 radical (unpaired) electrons. The molecular weight excluding hydrogens is 381 g/mol. The van der Waals surface area contributed by atoms with E-state index in [0.29, 0.717) is 17.0 Å². The molecule has 0 aliphatic heterocycles. The number of nitrogens with zero attached hydrogens (tertiary/aromatic N) is 3. The van der Waals surface area contributed by atoms with Gasteiger partial charge in [0, 0.05) is 11.9 Å². The van der Waals surface area contributed by atoms with Gasteiger partial charge in [-0.25, -0.2) is 4.98 Å². The van der Waals surface area contributed by atoms with Gasteiger partial charge in [-0.05, 0) is 42.5 Å². The lowest BCUT2D eigenvalue weighted by molar-refractivity contribution is -0.137. The predicted octanol–water partition coefficient (Wildman–Crippen LogP) is 4.76. The fourth-order valence-electron chi connectivity index (χ4n) is 3.04. The van der Waals surface area contributed by atoms with Crippen molar-refractivity contribution >= 4 is 22.6 Å². The first-order valence-electron chi connectivity index (χ1n) is 8.75. The molecule has 0 saturated carbocycles. The van der Waals surface area contributed by atoms with E-state index in [1.54, 1.807) is 22.9 Å². The second-order valence-corrected chi connectivity index (χ2v) is 6.35. The number of hydrogen-bond acceptors (Lipinski definition) is 3. The maximum absolute atomic E-state index is 12.9. The SMILES string of the molecule is O=C(Cn1c(-c2ccccn2)nc2ccccc21)Nc1cccc(C(F)(F)F)c1. The van der Waals surface area contributed by atoms with Crippen LogP contribution in [-0.4, -0.2) is 20.4 Å². The Morgan fingerprint density at radius 2 is 1.79 bits per heavy atom. The van der Waals surface area contributed by atoms with Crippen molar-refractivity contribution in [3.63, 3.8) is 0 Å². The van der Waals surface area contributed by atoms with Crippen LogP contribution in [0.2, 0.25) is 0 Å². The molecular formula is C21H15F3N4O. The molecule has 2 aromatic heterocycles. The second kappa shape index (κ2) is 7.38. The van der Waals surface area contributed by atoms with Gasteiger partial charge in [-0.3, -0.25) is 9.78 Å². The van der Waals surface area contributed by atoms with Gasteiger partial charge in [0.25, 0.3) is 0 Å². The molecule has 2 aromatic carbocycles. The summed E-state index contributed by atoms with van der Waals surface area (Å²) >= 11 is 0. The van der Waals surface area contributed by atoms with Crippen molar-refractivity contribution < 1.29 is 18.0 Å². The summed E-state index contributed by atoms with van der Waals surface area (Å²) < 4.78 is 40.4. The molecule has 2 heterocycles. The number of fused-ring (bicyclic) bond motifs is 1. The quantitative estimate of drug-likeness (QED) is 0.541. The van der Waals surface area contributed by atoms with Crippen LogP contribution in [-0.2, 0) is 17.5 Å². The molecule has 0 fully saturated rings. The van der Waals surface area contributed by atoms with E-state index in [2.05, 4.69) is 15.3 Å². The minimum atomic E-state index is -4.48. The average molecular weight is 396 g/mol. The molecule has 0 spiro atoms. The Bertz CT molecular complexity index is 1170. The first-order chi connectivity index (χ1) is 13.9. The lowest BCUT2D eigenvalue weighted by Gasteiger charge is -2.12. The summed E-state index contributed by atoms with van der Waals surface area (Å²) in [5, 5.41) is 2.53. The van der Waals surface area contributed by atoms with E-state index < -0.39 is 17.6 Å². The molecule has 0 bridgehead atoms. The Kier molecular flexibility index (Phi) is 4.75. The van der Waals surface area contributed by atoms with Crippen molar-refractivity contribution in [2.24, 2.45) is 0 Å². The average Bonchev–Trinajstić information content (AvgIpc) is 3.07. The van der Waals surface area contributed by atoms with Gasteiger partial charge in [0.15, 0.2) is 5.82 Å². The van der Waals surface area contributed by atoms with E-state index in [4.69, 9.17) is 0 Å². The summed E-state index contributed by atoms with van der Waals surface area (Å²) in [4.78, 5) is 21.5. The highest BCUT2D eigenvalue weighted by molar-refractivity contribution is 5.92. The van der Waals surface area contributed by atoms with Crippen molar-refractivity contribution in [3.05, 3.63) is 78.5 Å². The summed E-state index contributed by atoms with van der Waals surface area (Å²) in [6.45, 7) is -0.122. The van der Waals surface area contributed by atoms with Crippen molar-refractivity contribution in [3.8, 4) is 11.5 Å². The zero-order valence-corrected chi connectivity index (χ0v) is 15.0. The molecule has 0 unspecified atom stereocenters. The van der Waals surface area contributed by atoms with Gasteiger partial charge >= 0.3 is 6.18 Å². The highest BCUT2D eigenvalue weighted by Gasteiger charge is 2.30. The fourth-order valence-corrected chi connectivity index (χ4v) is 3.04. The number of pyridine rings is 1. The van der Waals surface area contributed by atoms with E-state index in [1.807, 2.05) is 30.3 Å². The molecule has 4 aromatic rings. The van der Waals surface area contributed by atoms with Gasteiger partial charge in [0.05, 0.1) is 16.6 Å². The van der Waals surface area contributed by atoms with Crippen LogP contribution < -0.4 is 5.32 Å². The third-order valence-electron chi connectivity index (χ3n) is 4.32. The number of hydrogen-bond donors (Lipinski definition) is 1. The van der Waals surface area contributed by atoms with E-state index in [9.17, 15) is 18.0 Å². The van der Waals surface area contributed by atoms with Crippen LogP contribution in [0.25, 0.3) is 22.6 Å². The number of halogens is 3. The summed E-state index contributed by atoms with van der Waals surface area (Å²) in [7, 11) is 0. The van der Waals surface area contributed by atoms with Gasteiger partial charge in [0.1, 0.15) is 12.2 Å². The maximum atomic E-state index is 12.9. The summed E-state index contributed by atoms with van der Waals surface area (Å²) in [6.07, 6.45) is -2.85. The number of carbonyl (C=O) groups is 1. The van der Waals surface area contributed by atoms with Crippen LogP contribution in [0.3, 0.4) is 0 Å². The first-order valence-corrected chi connectivity index (χ1v) is 8.75. The molecule has 0 aliphatic rings. The highest BCUT2D eigenvalue weighted by Crippen LogP contribution is 2.30. The largest absolute Gasteiger partial charge is 0.416 e. The Morgan fingerprint density at radius 3 is 2.55 bits per heavy atom. The number of benzene rings is 2. The molecule has 146 valence electrons. The highest BCUT2D eigenvalue weighted by atomic mass is 19.4. The lowest BCUT2D eigenvalue weighted by atomic mass is 10.2. The van der Waals surface area contributed by atoms with E-state index in [1.165, 1.54) is 12.1 Å². The molecule has 0 aliphatic carbocycles. The topological polar surface area (TPSA) is 59.8 Å². The van der Waals surface area contributed by atoms with Crippen molar-refractivity contribution in [2.45, 2.75) is 12.7 Å². The second-order valence-electron chi connectivity index (χ2n) is 6.35. The van der Waals surface area contributed by atoms with Crippen LogP contribution in [0.4, 0.5) is 18.9 Å². The lowest BCUT2D eigenvalue weighted by Crippen LogP contribution is -2.20. The molecule has 29 heavy (non-hydrogen) atoms. The van der Waals surface area contributed by atoms with Crippen molar-refractivity contribution in [1.82, 2.24) is 14.5 Å². The fraction of sp³-hybridized carbons (Fsp3) is 0.0952. The van der Waals surface area contributed by atoms with Crippen LogP contribution in [0, 0.1) is 0 Å². The molecule has 4 rings (SSSR count). The third kappa shape index (κ3) is 3.96. The van der Waals surface area contributed by atoms with Crippen molar-refractivity contribution in [2.75, 3.05) is 5.32 Å². The zero-order valence-electron chi connectivity index (χ0n) is 15.0. The maximum Gasteiger partial charge on any atom is 0.416 e. The van der Waals surface area contributed by atoms with Gasteiger partial charge in [-0.15, -0.1) is 0 Å². The van der Waals surface area contributed by atoms with Gasteiger partial charge in [-0.1, -0.05) is 24.3 Å². The number of rotatable bonds is 4. The molecule has 8 heteroatoms. The van der Waals surface area contributed by atoms with Crippen LogP contribution >= 0.6 is 0 Å². The van der Waals surface area contributed by atoms with Crippen molar-refractivity contribution in [1.29, 1.82) is 0 Å². The number of carbonyl (C=O) groups excluding carboxylic acids is 1. The number of para-hydroxylation sites is 2. The summed E-state index contributed by atoms with van der Waals surface area (Å²) in [6, 6.07) is 17.2. The summed E-state index contributed by atoms with van der Waals surface area (Å²) in [5.74, 6) is 0.0376. The Balaban J connectivity index is 1.65. The number of anilines is 1. The van der Waals surface area contributed by atoms with Gasteiger partial charge in [-0.2, -0.15) is 13.2 Å². The van der Waals surface area contributed by atoms with Crippen LogP contribution in [0.1, 0.15) is 5.56 Å².